The minimum atomic E-state index is 0.164. The average molecular weight is 313 g/mol. The first-order valence-corrected chi connectivity index (χ1v) is 9.12. The van der Waals surface area contributed by atoms with E-state index in [1.54, 1.807) is 11.8 Å². The molecular formula is C19H23NOS. The summed E-state index contributed by atoms with van der Waals surface area (Å²) in [5, 5.41) is 5.69. The van der Waals surface area contributed by atoms with Crippen LogP contribution in [0.25, 0.3) is 10.8 Å². The topological polar surface area (TPSA) is 29.1 Å². The Bertz CT molecular complexity index is 655. The molecule has 116 valence electrons. The number of carbonyl (C=O) groups is 1. The Kier molecular flexibility index (Phi) is 5.04. The number of nitrogens with one attached hydrogen (secondary N) is 1. The van der Waals surface area contributed by atoms with Crippen LogP contribution in [0.2, 0.25) is 0 Å². The SMILES string of the molecule is C[C@H]1CCCC[C@H]1NC(=O)CSc1ccc2ccccc2c1. The van der Waals surface area contributed by atoms with Crippen molar-refractivity contribution < 1.29 is 4.79 Å². The first-order chi connectivity index (χ1) is 10.7. The monoisotopic (exact) mass is 313 g/mol. The normalized spacial score (nSPS) is 21.7. The van der Waals surface area contributed by atoms with Crippen LogP contribution in [-0.4, -0.2) is 17.7 Å². The molecule has 2 aromatic carbocycles. The summed E-state index contributed by atoms with van der Waals surface area (Å²) in [7, 11) is 0. The van der Waals surface area contributed by atoms with E-state index in [4.69, 9.17) is 0 Å². The second-order valence-electron chi connectivity index (χ2n) is 6.23. The van der Waals surface area contributed by atoms with Gasteiger partial charge in [-0.2, -0.15) is 0 Å². The number of amides is 1. The van der Waals surface area contributed by atoms with E-state index in [1.165, 1.54) is 30.0 Å². The Morgan fingerprint density at radius 3 is 2.73 bits per heavy atom. The van der Waals surface area contributed by atoms with Crippen LogP contribution in [0.5, 0.6) is 0 Å². The van der Waals surface area contributed by atoms with Crippen molar-refractivity contribution in [1.29, 1.82) is 0 Å². The lowest BCUT2D eigenvalue weighted by atomic mass is 9.86. The van der Waals surface area contributed by atoms with Crippen molar-refractivity contribution in [1.82, 2.24) is 5.32 Å². The number of fused-ring (bicyclic) bond motifs is 1. The van der Waals surface area contributed by atoms with E-state index in [0.29, 0.717) is 17.7 Å². The molecule has 1 amide bonds. The van der Waals surface area contributed by atoms with Gasteiger partial charge in [0.2, 0.25) is 5.91 Å². The van der Waals surface area contributed by atoms with Gasteiger partial charge < -0.3 is 5.32 Å². The molecule has 0 radical (unpaired) electrons. The summed E-state index contributed by atoms with van der Waals surface area (Å²) in [6, 6.07) is 15.1. The summed E-state index contributed by atoms with van der Waals surface area (Å²) in [5.41, 5.74) is 0. The van der Waals surface area contributed by atoms with Crippen LogP contribution in [0.15, 0.2) is 47.4 Å². The maximum Gasteiger partial charge on any atom is 0.230 e. The maximum atomic E-state index is 12.2. The van der Waals surface area contributed by atoms with Crippen molar-refractivity contribution in [2.45, 2.75) is 43.5 Å². The number of rotatable bonds is 4. The second kappa shape index (κ2) is 7.19. The van der Waals surface area contributed by atoms with Crippen LogP contribution < -0.4 is 5.32 Å². The van der Waals surface area contributed by atoms with E-state index in [1.807, 2.05) is 12.1 Å². The van der Waals surface area contributed by atoms with Crippen LogP contribution in [0.1, 0.15) is 32.6 Å². The summed E-state index contributed by atoms with van der Waals surface area (Å²) in [6.07, 6.45) is 4.92. The van der Waals surface area contributed by atoms with Gasteiger partial charge in [-0.05, 0) is 41.7 Å². The molecule has 0 unspecified atom stereocenters. The molecule has 0 saturated heterocycles. The Labute approximate surface area is 136 Å². The molecule has 1 saturated carbocycles. The van der Waals surface area contributed by atoms with Crippen LogP contribution in [0, 0.1) is 5.92 Å². The Balaban J connectivity index is 1.55. The van der Waals surface area contributed by atoms with E-state index >= 15 is 0 Å². The van der Waals surface area contributed by atoms with Gasteiger partial charge in [-0.3, -0.25) is 4.79 Å². The van der Waals surface area contributed by atoms with E-state index in [-0.39, 0.29) is 5.91 Å². The fraction of sp³-hybridized carbons (Fsp3) is 0.421. The molecule has 1 N–H and O–H groups in total. The van der Waals surface area contributed by atoms with Gasteiger partial charge in [-0.15, -0.1) is 11.8 Å². The van der Waals surface area contributed by atoms with Crippen LogP contribution in [-0.2, 0) is 4.79 Å². The number of carbonyl (C=O) groups excluding carboxylic acids is 1. The van der Waals surface area contributed by atoms with Gasteiger partial charge in [-0.25, -0.2) is 0 Å². The molecule has 2 nitrogen and oxygen atoms in total. The largest absolute Gasteiger partial charge is 0.352 e. The van der Waals surface area contributed by atoms with Crippen molar-refractivity contribution in [3.05, 3.63) is 42.5 Å². The summed E-state index contributed by atoms with van der Waals surface area (Å²) >= 11 is 1.62. The molecule has 22 heavy (non-hydrogen) atoms. The average Bonchev–Trinajstić information content (AvgIpc) is 2.55. The fourth-order valence-electron chi connectivity index (χ4n) is 3.19. The Morgan fingerprint density at radius 1 is 1.14 bits per heavy atom. The lowest BCUT2D eigenvalue weighted by molar-refractivity contribution is -0.119. The molecule has 0 bridgehead atoms. The molecule has 0 aromatic heterocycles. The van der Waals surface area contributed by atoms with Gasteiger partial charge in [0.25, 0.3) is 0 Å². The molecule has 0 spiro atoms. The maximum absolute atomic E-state index is 12.2. The zero-order valence-electron chi connectivity index (χ0n) is 13.0. The van der Waals surface area contributed by atoms with Crippen molar-refractivity contribution in [2.24, 2.45) is 5.92 Å². The lowest BCUT2D eigenvalue weighted by Gasteiger charge is -2.29. The van der Waals surface area contributed by atoms with Crippen molar-refractivity contribution in [2.75, 3.05) is 5.75 Å². The smallest absolute Gasteiger partial charge is 0.230 e. The Morgan fingerprint density at radius 2 is 1.91 bits per heavy atom. The quantitative estimate of drug-likeness (QED) is 0.834. The van der Waals surface area contributed by atoms with E-state index in [2.05, 4.69) is 42.6 Å². The van der Waals surface area contributed by atoms with Gasteiger partial charge in [0.1, 0.15) is 0 Å². The van der Waals surface area contributed by atoms with Crippen LogP contribution in [0.3, 0.4) is 0 Å². The number of hydrogen-bond donors (Lipinski definition) is 1. The zero-order chi connectivity index (χ0) is 15.4. The van der Waals surface area contributed by atoms with Crippen LogP contribution in [0.4, 0.5) is 0 Å². The number of benzene rings is 2. The Hall–Kier alpha value is -1.48. The van der Waals surface area contributed by atoms with Gasteiger partial charge >= 0.3 is 0 Å². The van der Waals surface area contributed by atoms with Gasteiger partial charge in [0.05, 0.1) is 5.75 Å². The first-order valence-electron chi connectivity index (χ1n) is 8.13. The summed E-state index contributed by atoms with van der Waals surface area (Å²) in [5.74, 6) is 1.28. The van der Waals surface area contributed by atoms with E-state index in [9.17, 15) is 4.79 Å². The highest BCUT2D eigenvalue weighted by molar-refractivity contribution is 8.00. The number of hydrogen-bond acceptors (Lipinski definition) is 2. The standard InChI is InChI=1S/C19H23NOS/c1-14-6-2-5-9-18(14)20-19(21)13-22-17-11-10-15-7-3-4-8-16(15)12-17/h3-4,7-8,10-12,14,18H,2,5-6,9,13H2,1H3,(H,20,21)/t14-,18+/m0/s1. The zero-order valence-corrected chi connectivity index (χ0v) is 13.9. The third-order valence-electron chi connectivity index (χ3n) is 4.55. The molecule has 2 aromatic rings. The third kappa shape index (κ3) is 3.83. The number of thioether (sulfide) groups is 1. The summed E-state index contributed by atoms with van der Waals surface area (Å²) in [6.45, 7) is 2.25. The fourth-order valence-corrected chi connectivity index (χ4v) is 3.94. The van der Waals surface area contributed by atoms with Crippen molar-refractivity contribution >= 4 is 28.4 Å². The molecule has 2 atom stereocenters. The highest BCUT2D eigenvalue weighted by Crippen LogP contribution is 2.25. The molecule has 1 aliphatic rings. The third-order valence-corrected chi connectivity index (χ3v) is 5.54. The minimum Gasteiger partial charge on any atom is -0.352 e. The second-order valence-corrected chi connectivity index (χ2v) is 7.28. The van der Waals surface area contributed by atoms with Crippen molar-refractivity contribution in [3.63, 3.8) is 0 Å². The summed E-state index contributed by atoms with van der Waals surface area (Å²) < 4.78 is 0. The van der Waals surface area contributed by atoms with Gasteiger partial charge in [-0.1, -0.05) is 50.1 Å². The predicted octanol–water partition coefficient (Wildman–Crippen LogP) is 4.63. The predicted molar refractivity (Wildman–Crippen MR) is 94.2 cm³/mol. The molecular weight excluding hydrogens is 290 g/mol. The highest BCUT2D eigenvalue weighted by Gasteiger charge is 2.22. The first kappa shape index (κ1) is 15.4. The van der Waals surface area contributed by atoms with E-state index in [0.717, 1.165) is 11.3 Å². The summed E-state index contributed by atoms with van der Waals surface area (Å²) in [4.78, 5) is 13.3. The van der Waals surface area contributed by atoms with Gasteiger partial charge in [0, 0.05) is 10.9 Å². The van der Waals surface area contributed by atoms with E-state index < -0.39 is 0 Å². The molecule has 3 heteroatoms. The molecule has 1 aliphatic carbocycles. The minimum absolute atomic E-state index is 0.164. The lowest BCUT2D eigenvalue weighted by Crippen LogP contribution is -2.41. The molecule has 3 rings (SSSR count). The van der Waals surface area contributed by atoms with Crippen LogP contribution >= 0.6 is 11.8 Å². The molecule has 0 heterocycles. The highest BCUT2D eigenvalue weighted by atomic mass is 32.2. The molecule has 1 fully saturated rings. The van der Waals surface area contributed by atoms with Gasteiger partial charge in [0.15, 0.2) is 0 Å². The van der Waals surface area contributed by atoms with Crippen molar-refractivity contribution in [3.8, 4) is 0 Å². The molecule has 0 aliphatic heterocycles.